The molecule has 0 fully saturated rings. The third-order valence-corrected chi connectivity index (χ3v) is 2.51. The van der Waals surface area contributed by atoms with Crippen molar-refractivity contribution in [3.8, 4) is 11.5 Å². The van der Waals surface area contributed by atoms with Crippen molar-refractivity contribution in [2.45, 2.75) is 26.7 Å². The van der Waals surface area contributed by atoms with E-state index < -0.39 is 0 Å². The van der Waals surface area contributed by atoms with Crippen molar-refractivity contribution in [3.05, 3.63) is 23.3 Å². The molecule has 1 aromatic carbocycles. The molecular weight excluding hydrogens is 204 g/mol. The van der Waals surface area contributed by atoms with Gasteiger partial charge in [-0.3, -0.25) is 0 Å². The highest BCUT2D eigenvalue weighted by atomic mass is 16.5. The zero-order valence-corrected chi connectivity index (χ0v) is 10.3. The molecule has 3 heteroatoms. The summed E-state index contributed by atoms with van der Waals surface area (Å²) in [5.74, 6) is 1.83. The average molecular weight is 222 g/mol. The van der Waals surface area contributed by atoms with Crippen LogP contribution in [0.2, 0.25) is 0 Å². The van der Waals surface area contributed by atoms with Crippen molar-refractivity contribution in [1.29, 1.82) is 0 Å². The number of methoxy groups -OCH3 is 2. The highest BCUT2D eigenvalue weighted by molar-refractivity contribution is 5.75. The summed E-state index contributed by atoms with van der Waals surface area (Å²) in [6.45, 7) is 3.57. The number of aryl methyl sites for hydroxylation is 2. The van der Waals surface area contributed by atoms with Gasteiger partial charge in [-0.1, -0.05) is 0 Å². The minimum atomic E-state index is 0.183. The summed E-state index contributed by atoms with van der Waals surface area (Å²) in [5, 5.41) is 0. The van der Waals surface area contributed by atoms with E-state index in [0.717, 1.165) is 22.6 Å². The van der Waals surface area contributed by atoms with E-state index in [9.17, 15) is 4.79 Å². The fourth-order valence-electron chi connectivity index (χ4n) is 1.72. The van der Waals surface area contributed by atoms with E-state index in [4.69, 9.17) is 9.47 Å². The molecule has 16 heavy (non-hydrogen) atoms. The van der Waals surface area contributed by atoms with E-state index in [0.29, 0.717) is 12.8 Å². The molecule has 0 unspecified atom stereocenters. The quantitative estimate of drug-likeness (QED) is 0.768. The largest absolute Gasteiger partial charge is 0.497 e. The molecular formula is C13H18O3. The number of hydrogen-bond donors (Lipinski definition) is 0. The second-order valence-electron chi connectivity index (χ2n) is 3.84. The Bertz CT molecular complexity index is 383. The Hall–Kier alpha value is -1.51. The first-order valence-corrected chi connectivity index (χ1v) is 5.29. The van der Waals surface area contributed by atoms with Crippen molar-refractivity contribution >= 4 is 5.78 Å². The third-order valence-electron chi connectivity index (χ3n) is 2.51. The number of ether oxygens (including phenoxy) is 2. The maximum absolute atomic E-state index is 11.0. The molecule has 0 aliphatic heterocycles. The first kappa shape index (κ1) is 12.6. The van der Waals surface area contributed by atoms with Crippen molar-refractivity contribution in [1.82, 2.24) is 0 Å². The lowest BCUT2D eigenvalue weighted by atomic mass is 10.0. The minimum Gasteiger partial charge on any atom is -0.497 e. The molecule has 0 spiro atoms. The lowest BCUT2D eigenvalue weighted by molar-refractivity contribution is -0.116. The Morgan fingerprint density at radius 2 is 1.94 bits per heavy atom. The highest BCUT2D eigenvalue weighted by Gasteiger charge is 2.09. The highest BCUT2D eigenvalue weighted by Crippen LogP contribution is 2.29. The van der Waals surface area contributed by atoms with E-state index in [-0.39, 0.29) is 5.78 Å². The van der Waals surface area contributed by atoms with Gasteiger partial charge in [-0.05, 0) is 43.5 Å². The molecule has 0 N–H and O–H groups in total. The number of carbonyl (C=O) groups excluding carboxylic acids is 1. The molecule has 3 nitrogen and oxygen atoms in total. The predicted octanol–water partition coefficient (Wildman–Crippen LogP) is 2.53. The van der Waals surface area contributed by atoms with Gasteiger partial charge >= 0.3 is 0 Å². The van der Waals surface area contributed by atoms with Gasteiger partial charge in [0.25, 0.3) is 0 Å². The van der Waals surface area contributed by atoms with Gasteiger partial charge in [-0.2, -0.15) is 0 Å². The third kappa shape index (κ3) is 2.99. The Kier molecular flexibility index (Phi) is 4.35. The molecule has 0 bridgehead atoms. The van der Waals surface area contributed by atoms with Gasteiger partial charge in [0.15, 0.2) is 0 Å². The molecule has 0 aliphatic carbocycles. The second kappa shape index (κ2) is 5.54. The monoisotopic (exact) mass is 222 g/mol. The van der Waals surface area contributed by atoms with Crippen LogP contribution in [-0.2, 0) is 11.2 Å². The lowest BCUT2D eigenvalue weighted by Crippen LogP contribution is -2.00. The first-order chi connectivity index (χ1) is 7.58. The van der Waals surface area contributed by atoms with Crippen LogP contribution in [0.25, 0.3) is 0 Å². The van der Waals surface area contributed by atoms with E-state index in [1.165, 1.54) is 0 Å². The summed E-state index contributed by atoms with van der Waals surface area (Å²) in [5.41, 5.74) is 2.05. The molecule has 1 aromatic rings. The molecule has 0 radical (unpaired) electrons. The van der Waals surface area contributed by atoms with Gasteiger partial charge in [-0.15, -0.1) is 0 Å². The Morgan fingerprint density at radius 3 is 2.44 bits per heavy atom. The number of hydrogen-bond acceptors (Lipinski definition) is 3. The van der Waals surface area contributed by atoms with Crippen LogP contribution in [0, 0.1) is 6.92 Å². The molecule has 0 aromatic heterocycles. The van der Waals surface area contributed by atoms with Crippen LogP contribution < -0.4 is 9.47 Å². The molecule has 0 saturated heterocycles. The second-order valence-corrected chi connectivity index (χ2v) is 3.84. The van der Waals surface area contributed by atoms with Crippen molar-refractivity contribution < 1.29 is 14.3 Å². The minimum absolute atomic E-state index is 0.183. The van der Waals surface area contributed by atoms with Crippen molar-refractivity contribution in [2.24, 2.45) is 0 Å². The van der Waals surface area contributed by atoms with Crippen LogP contribution >= 0.6 is 0 Å². The smallest absolute Gasteiger partial charge is 0.130 e. The number of carbonyl (C=O) groups is 1. The number of Topliss-reactive ketones (excluding diaryl/α,β-unsaturated/α-hetero) is 1. The molecule has 88 valence electrons. The lowest BCUT2D eigenvalue weighted by Gasteiger charge is -2.13. The standard InChI is InChI=1S/C13H18O3/c1-9-7-12(15-3)8-11(13(9)16-4)6-5-10(2)14/h7-8H,5-6H2,1-4H3. The fraction of sp³-hybridized carbons (Fsp3) is 0.462. The van der Waals surface area contributed by atoms with Gasteiger partial charge in [0.2, 0.25) is 0 Å². The summed E-state index contributed by atoms with van der Waals surface area (Å²) in [6.07, 6.45) is 1.22. The van der Waals surface area contributed by atoms with Gasteiger partial charge in [0, 0.05) is 6.42 Å². The molecule has 0 saturated carbocycles. The van der Waals surface area contributed by atoms with Crippen molar-refractivity contribution in [3.63, 3.8) is 0 Å². The summed E-state index contributed by atoms with van der Waals surface area (Å²) in [7, 11) is 3.28. The molecule has 0 heterocycles. The van der Waals surface area contributed by atoms with E-state index in [1.807, 2.05) is 19.1 Å². The van der Waals surface area contributed by atoms with Gasteiger partial charge in [0.05, 0.1) is 14.2 Å². The van der Waals surface area contributed by atoms with Gasteiger partial charge in [0.1, 0.15) is 17.3 Å². The Balaban J connectivity index is 3.02. The topological polar surface area (TPSA) is 35.5 Å². The van der Waals surface area contributed by atoms with Crippen LogP contribution in [-0.4, -0.2) is 20.0 Å². The zero-order chi connectivity index (χ0) is 12.1. The number of rotatable bonds is 5. The summed E-state index contributed by atoms with van der Waals surface area (Å²) >= 11 is 0. The van der Waals surface area contributed by atoms with Crippen LogP contribution in [0.3, 0.4) is 0 Å². The van der Waals surface area contributed by atoms with E-state index in [1.54, 1.807) is 21.1 Å². The average Bonchev–Trinajstić information content (AvgIpc) is 2.25. The normalized spacial score (nSPS) is 10.0. The maximum Gasteiger partial charge on any atom is 0.130 e. The van der Waals surface area contributed by atoms with Crippen molar-refractivity contribution in [2.75, 3.05) is 14.2 Å². The summed E-state index contributed by atoms with van der Waals surface area (Å²) < 4.78 is 10.5. The van der Waals surface area contributed by atoms with Crippen LogP contribution in [0.1, 0.15) is 24.5 Å². The SMILES string of the molecule is COc1cc(C)c(OC)c(CCC(C)=O)c1. The Labute approximate surface area is 96.4 Å². The number of benzene rings is 1. The predicted molar refractivity (Wildman–Crippen MR) is 63.3 cm³/mol. The summed E-state index contributed by atoms with van der Waals surface area (Å²) in [6, 6.07) is 3.85. The van der Waals surface area contributed by atoms with Crippen LogP contribution in [0.15, 0.2) is 12.1 Å². The fourth-order valence-corrected chi connectivity index (χ4v) is 1.72. The van der Waals surface area contributed by atoms with Gasteiger partial charge in [-0.25, -0.2) is 0 Å². The van der Waals surface area contributed by atoms with E-state index >= 15 is 0 Å². The van der Waals surface area contributed by atoms with Crippen LogP contribution in [0.5, 0.6) is 11.5 Å². The van der Waals surface area contributed by atoms with Gasteiger partial charge < -0.3 is 14.3 Å². The maximum atomic E-state index is 11.0. The Morgan fingerprint density at radius 1 is 1.25 bits per heavy atom. The van der Waals surface area contributed by atoms with Crippen LogP contribution in [0.4, 0.5) is 0 Å². The molecule has 0 aliphatic rings. The first-order valence-electron chi connectivity index (χ1n) is 5.29. The van der Waals surface area contributed by atoms with E-state index in [2.05, 4.69) is 0 Å². The molecule has 0 atom stereocenters. The molecule has 1 rings (SSSR count). The molecule has 0 amide bonds. The summed E-state index contributed by atoms with van der Waals surface area (Å²) in [4.78, 5) is 11.0. The zero-order valence-electron chi connectivity index (χ0n) is 10.3. The number of ketones is 1.